The number of fused-ring (bicyclic) bond motifs is 2. The molecule has 2 aromatic carbocycles. The number of hydrogen-bond donors (Lipinski definition) is 2. The maximum absolute atomic E-state index is 14.1. The van der Waals surface area contributed by atoms with Crippen molar-refractivity contribution in [2.75, 3.05) is 40.0 Å². The van der Waals surface area contributed by atoms with Crippen LogP contribution in [-0.4, -0.2) is 88.5 Å². The molecule has 0 aromatic heterocycles. The number of carbonyl (C=O) groups is 1. The third-order valence-corrected chi connectivity index (χ3v) is 9.84. The lowest BCUT2D eigenvalue weighted by Crippen LogP contribution is -2.51. The van der Waals surface area contributed by atoms with Crippen LogP contribution in [-0.2, 0) is 30.7 Å². The summed E-state index contributed by atoms with van der Waals surface area (Å²) in [5.41, 5.74) is 0.860. The number of aliphatic hydroxyl groups is 1. The number of methoxy groups -OCH3 is 1. The molecule has 0 spiro atoms. The molecule has 3 heterocycles. The largest absolute Gasteiger partial charge is 0.497 e. The van der Waals surface area contributed by atoms with Gasteiger partial charge in [-0.15, -0.1) is 0 Å². The van der Waals surface area contributed by atoms with Crippen LogP contribution in [0.2, 0.25) is 0 Å². The van der Waals surface area contributed by atoms with Crippen molar-refractivity contribution in [3.8, 4) is 11.5 Å². The van der Waals surface area contributed by atoms with E-state index in [1.807, 2.05) is 54.6 Å². The summed E-state index contributed by atoms with van der Waals surface area (Å²) in [4.78, 5) is 13.1. The lowest BCUT2D eigenvalue weighted by atomic mass is 10.0. The predicted molar refractivity (Wildman–Crippen MR) is 162 cm³/mol. The summed E-state index contributed by atoms with van der Waals surface area (Å²) in [6.45, 7) is 0.868. The first kappa shape index (κ1) is 32.0. The topological polar surface area (TPSA) is 133 Å². The normalized spacial score (nSPS) is 26.3. The Balaban J connectivity index is 1.38. The van der Waals surface area contributed by atoms with Crippen LogP contribution in [0.5, 0.6) is 11.5 Å². The zero-order valence-electron chi connectivity index (χ0n) is 24.7. The molecule has 2 fully saturated rings. The monoisotopic (exact) mass is 628 g/mol. The number of carbonyl (C=O) groups excluding carboxylic acids is 1. The number of aliphatic hydroxyl groups excluding tert-OH is 1. The van der Waals surface area contributed by atoms with Crippen molar-refractivity contribution in [3.63, 3.8) is 0 Å². The van der Waals surface area contributed by atoms with E-state index in [0.717, 1.165) is 12.0 Å². The number of alkyl carbamates (subject to hydrolysis) is 1. The molecule has 2 saturated heterocycles. The number of nitrogens with zero attached hydrogens (tertiary/aromatic N) is 1. The zero-order valence-corrected chi connectivity index (χ0v) is 25.6. The van der Waals surface area contributed by atoms with Gasteiger partial charge in [-0.05, 0) is 43.4 Å². The Labute approximate surface area is 258 Å². The highest BCUT2D eigenvalue weighted by Crippen LogP contribution is 2.34. The first-order chi connectivity index (χ1) is 21.3. The number of β-amino-alcohol motifs (C(OH)–C–C–N with tert-alkyl or cyclic N) is 1. The van der Waals surface area contributed by atoms with Gasteiger partial charge in [0.05, 0.1) is 45.0 Å². The molecule has 44 heavy (non-hydrogen) atoms. The lowest BCUT2D eigenvalue weighted by Gasteiger charge is -2.30. The van der Waals surface area contributed by atoms with Crippen LogP contribution in [0.1, 0.15) is 24.8 Å². The number of amides is 1. The molecular formula is C32H40N2O9S. The molecule has 3 aliphatic heterocycles. The van der Waals surface area contributed by atoms with Gasteiger partial charge in [0.2, 0.25) is 10.0 Å². The Morgan fingerprint density at radius 1 is 1.09 bits per heavy atom. The van der Waals surface area contributed by atoms with E-state index in [-0.39, 0.29) is 55.6 Å². The fourth-order valence-electron chi connectivity index (χ4n) is 5.55. The summed E-state index contributed by atoms with van der Waals surface area (Å²) in [7, 11) is -2.64. The smallest absolute Gasteiger partial charge is 0.407 e. The zero-order chi connectivity index (χ0) is 30.9. The van der Waals surface area contributed by atoms with E-state index in [4.69, 9.17) is 23.7 Å². The number of sulfonamides is 1. The second-order valence-electron chi connectivity index (χ2n) is 10.9. The van der Waals surface area contributed by atoms with Gasteiger partial charge in [-0.3, -0.25) is 0 Å². The van der Waals surface area contributed by atoms with Crippen LogP contribution in [0.25, 0.3) is 0 Å². The highest BCUT2D eigenvalue weighted by atomic mass is 32.2. The number of allylic oxidation sites excluding steroid dienone is 2. The van der Waals surface area contributed by atoms with Crippen LogP contribution in [0, 0.1) is 5.92 Å². The Morgan fingerprint density at radius 2 is 1.89 bits per heavy atom. The van der Waals surface area contributed by atoms with E-state index in [0.29, 0.717) is 25.2 Å². The summed E-state index contributed by atoms with van der Waals surface area (Å²) in [5.74, 6) is 0.583. The molecule has 0 aliphatic carbocycles. The number of hydrogen-bond acceptors (Lipinski definition) is 9. The number of benzene rings is 2. The quantitative estimate of drug-likeness (QED) is 0.451. The van der Waals surface area contributed by atoms with Crippen molar-refractivity contribution in [3.05, 3.63) is 78.4 Å². The van der Waals surface area contributed by atoms with Crippen LogP contribution >= 0.6 is 0 Å². The minimum atomic E-state index is -4.14. The van der Waals surface area contributed by atoms with Crippen molar-refractivity contribution in [2.45, 2.75) is 55.1 Å². The minimum Gasteiger partial charge on any atom is -0.497 e. The second-order valence-corrected chi connectivity index (χ2v) is 12.8. The van der Waals surface area contributed by atoms with Crippen LogP contribution in [0.15, 0.2) is 77.7 Å². The number of ether oxygens (including phenoxy) is 5. The molecule has 1 amide bonds. The van der Waals surface area contributed by atoms with Crippen LogP contribution in [0.4, 0.5) is 4.79 Å². The van der Waals surface area contributed by atoms with Crippen molar-refractivity contribution in [1.29, 1.82) is 0 Å². The molecule has 0 bridgehead atoms. The van der Waals surface area contributed by atoms with Gasteiger partial charge in [0, 0.05) is 19.2 Å². The van der Waals surface area contributed by atoms with Crippen molar-refractivity contribution in [1.82, 2.24) is 9.62 Å². The molecular weight excluding hydrogens is 588 g/mol. The molecule has 5 atom stereocenters. The molecule has 5 rings (SSSR count). The van der Waals surface area contributed by atoms with Gasteiger partial charge in [0.25, 0.3) is 0 Å². The molecule has 2 N–H and O–H groups in total. The summed E-state index contributed by atoms with van der Waals surface area (Å²) >= 11 is 0. The van der Waals surface area contributed by atoms with E-state index in [1.54, 1.807) is 12.1 Å². The Morgan fingerprint density at radius 3 is 2.68 bits per heavy atom. The van der Waals surface area contributed by atoms with Gasteiger partial charge in [0.1, 0.15) is 22.5 Å². The summed E-state index contributed by atoms with van der Waals surface area (Å²) in [6, 6.07) is 13.1. The van der Waals surface area contributed by atoms with E-state index >= 15 is 0 Å². The van der Waals surface area contributed by atoms with E-state index in [9.17, 15) is 18.3 Å². The standard InChI is InChI=1S/C32H40N2O9S/c1-39-24-13-14-30-28(20-24)40-17-10-5-3-2-4-9-16-34(44(30,37)38)21-27(35)26(19-23-11-7-6-8-12-23)33-32(36)43-29-22-42-31-25(29)15-18-41-31/h2-8,11-14,20,25-27,29,31,35H,9-10,15-19,21-22H2,1H3,(H,33,36)/b4-2-,5-3+/t25-,26-,27+,29-,31+/m0/s1. The Hall–Kier alpha value is -3.42. The molecule has 11 nitrogen and oxygen atoms in total. The molecule has 0 saturated carbocycles. The van der Waals surface area contributed by atoms with Crippen molar-refractivity contribution in [2.24, 2.45) is 5.92 Å². The van der Waals surface area contributed by atoms with Gasteiger partial charge >= 0.3 is 6.09 Å². The minimum absolute atomic E-state index is 0.0285. The fraction of sp³-hybridized carbons (Fsp3) is 0.469. The molecule has 0 unspecified atom stereocenters. The van der Waals surface area contributed by atoms with Crippen molar-refractivity contribution < 1.29 is 42.0 Å². The SMILES string of the molecule is COc1ccc2c(c1)OCC/C=C/C=C\CCN(C[C@@H](O)[C@H](Cc1ccccc1)NC(=O)O[C@H]1CO[C@H]3OCC[C@H]31)S2(=O)=O. The second kappa shape index (κ2) is 15.0. The average molecular weight is 629 g/mol. The molecule has 12 heteroatoms. The van der Waals surface area contributed by atoms with E-state index in [2.05, 4.69) is 5.32 Å². The first-order valence-corrected chi connectivity index (χ1v) is 16.3. The summed E-state index contributed by atoms with van der Waals surface area (Å²) in [5, 5.41) is 14.4. The van der Waals surface area contributed by atoms with Gasteiger partial charge in [0.15, 0.2) is 6.29 Å². The number of rotatable bonds is 8. The van der Waals surface area contributed by atoms with E-state index in [1.165, 1.54) is 17.5 Å². The molecule has 0 radical (unpaired) electrons. The van der Waals surface area contributed by atoms with Crippen LogP contribution in [0.3, 0.4) is 0 Å². The van der Waals surface area contributed by atoms with Gasteiger partial charge in [-0.2, -0.15) is 4.31 Å². The number of nitrogens with one attached hydrogen (secondary N) is 1. The average Bonchev–Trinajstić information content (AvgIpc) is 3.64. The van der Waals surface area contributed by atoms with Gasteiger partial charge in [-0.1, -0.05) is 54.6 Å². The highest BCUT2D eigenvalue weighted by Gasteiger charge is 2.44. The Bertz CT molecular complexity index is 1420. The molecule has 2 aromatic rings. The van der Waals surface area contributed by atoms with Gasteiger partial charge < -0.3 is 34.1 Å². The third kappa shape index (κ3) is 7.99. The van der Waals surface area contributed by atoms with Gasteiger partial charge in [-0.25, -0.2) is 13.2 Å². The summed E-state index contributed by atoms with van der Waals surface area (Å²) in [6.07, 6.45) is 6.73. The molecule has 238 valence electrons. The lowest BCUT2D eigenvalue weighted by molar-refractivity contribution is -0.0907. The maximum atomic E-state index is 14.1. The predicted octanol–water partition coefficient (Wildman–Crippen LogP) is 3.43. The fourth-order valence-corrected chi connectivity index (χ4v) is 7.14. The maximum Gasteiger partial charge on any atom is 0.407 e. The Kier molecular flexibility index (Phi) is 10.9. The third-order valence-electron chi connectivity index (χ3n) is 7.94. The first-order valence-electron chi connectivity index (χ1n) is 14.9. The van der Waals surface area contributed by atoms with Crippen LogP contribution < -0.4 is 14.8 Å². The highest BCUT2D eigenvalue weighted by molar-refractivity contribution is 7.89. The van der Waals surface area contributed by atoms with E-state index < -0.39 is 34.4 Å². The molecule has 3 aliphatic rings. The summed E-state index contributed by atoms with van der Waals surface area (Å²) < 4.78 is 57.5. The van der Waals surface area contributed by atoms with Crippen molar-refractivity contribution >= 4 is 16.1 Å².